The topological polar surface area (TPSA) is 112 Å². The molecule has 0 spiro atoms. The summed E-state index contributed by atoms with van der Waals surface area (Å²) in [6.07, 6.45) is 2.67. The molecule has 0 radical (unpaired) electrons. The Bertz CT molecular complexity index is 825. The van der Waals surface area contributed by atoms with E-state index in [-0.39, 0.29) is 49.4 Å². The summed E-state index contributed by atoms with van der Waals surface area (Å²) >= 11 is 0. The van der Waals surface area contributed by atoms with E-state index >= 15 is 0 Å². The maximum absolute atomic E-state index is 12.7. The largest absolute Gasteiger partial charge is 0.459 e. The van der Waals surface area contributed by atoms with Gasteiger partial charge in [-0.3, -0.25) is 0 Å². The van der Waals surface area contributed by atoms with Crippen molar-refractivity contribution in [1.29, 1.82) is 0 Å². The summed E-state index contributed by atoms with van der Waals surface area (Å²) in [7, 11) is 3.42. The van der Waals surface area contributed by atoms with Gasteiger partial charge in [0.25, 0.3) is 0 Å². The fourth-order valence-electron chi connectivity index (χ4n) is 4.46. The van der Waals surface area contributed by atoms with Gasteiger partial charge in [0.05, 0.1) is 0 Å². The third-order valence-corrected chi connectivity index (χ3v) is 7.73. The van der Waals surface area contributed by atoms with Crippen molar-refractivity contribution in [1.82, 2.24) is 9.80 Å². The molecule has 2 unspecified atom stereocenters. The second-order valence-corrected chi connectivity index (χ2v) is 11.0. The van der Waals surface area contributed by atoms with Crippen molar-refractivity contribution in [2.24, 2.45) is 11.8 Å². The molecule has 2 amide bonds. The van der Waals surface area contributed by atoms with Crippen LogP contribution in [0.15, 0.2) is 24.3 Å². The van der Waals surface area contributed by atoms with Crippen LogP contribution in [-0.4, -0.2) is 85.5 Å². The van der Waals surface area contributed by atoms with Gasteiger partial charge in [0, 0.05) is 36.3 Å². The molecule has 0 bridgehead atoms. The lowest BCUT2D eigenvalue weighted by Crippen LogP contribution is -2.55. The van der Waals surface area contributed by atoms with Crippen LogP contribution >= 0.6 is 0 Å². The molecule has 1 aliphatic carbocycles. The molecule has 1 rings (SSSR count). The number of ether oxygens (including phenoxy) is 4. The molecule has 1 fully saturated rings. The van der Waals surface area contributed by atoms with Crippen LogP contribution < -0.4 is 0 Å². The molecule has 2 atom stereocenters. The number of carbonyl (C=O) groups is 4. The predicted molar refractivity (Wildman–Crippen MR) is 143 cm³/mol. The van der Waals surface area contributed by atoms with E-state index in [1.807, 2.05) is 27.7 Å². The fraction of sp³-hybridized carbons (Fsp3) is 0.714. The third-order valence-electron chi connectivity index (χ3n) is 7.73. The molecule has 0 aromatic rings. The third kappa shape index (κ3) is 9.06. The van der Waals surface area contributed by atoms with E-state index in [2.05, 4.69) is 13.2 Å². The molecule has 10 nitrogen and oxygen atoms in total. The molecule has 10 heteroatoms. The molecule has 0 heterocycles. The zero-order valence-electron chi connectivity index (χ0n) is 24.4. The number of amides is 2. The van der Waals surface area contributed by atoms with E-state index in [0.717, 1.165) is 25.7 Å². The Kier molecular flexibility index (Phi) is 12.3. The maximum atomic E-state index is 12.7. The minimum Gasteiger partial charge on any atom is -0.459 e. The Labute approximate surface area is 227 Å². The monoisotopic (exact) mass is 538 g/mol. The number of rotatable bonds is 12. The zero-order chi connectivity index (χ0) is 29.3. The maximum Gasteiger partial charge on any atom is 0.410 e. The summed E-state index contributed by atoms with van der Waals surface area (Å²) in [5.74, 6) is -0.702. The van der Waals surface area contributed by atoms with Crippen molar-refractivity contribution in [2.45, 2.75) is 78.3 Å². The van der Waals surface area contributed by atoms with E-state index in [0.29, 0.717) is 0 Å². The van der Waals surface area contributed by atoms with Crippen LogP contribution in [0, 0.1) is 11.8 Å². The Balaban J connectivity index is 2.70. The SMILES string of the molecule is C=C(C)C(=O)OCCOC(=O)N(C)C(C)(C)C1CCCC(C(C)(C)N(C)C(=O)OCCOC(=O)C(=C)C)C1. The van der Waals surface area contributed by atoms with Gasteiger partial charge in [-0.05, 0) is 72.6 Å². The van der Waals surface area contributed by atoms with Crippen molar-refractivity contribution >= 4 is 24.1 Å². The number of hydrogen-bond donors (Lipinski definition) is 0. The van der Waals surface area contributed by atoms with Gasteiger partial charge in [-0.15, -0.1) is 0 Å². The van der Waals surface area contributed by atoms with Crippen LogP contribution in [0.3, 0.4) is 0 Å². The molecular weight excluding hydrogens is 492 g/mol. The highest BCUT2D eigenvalue weighted by Crippen LogP contribution is 2.43. The van der Waals surface area contributed by atoms with E-state index in [9.17, 15) is 19.2 Å². The Morgan fingerprint density at radius 1 is 0.684 bits per heavy atom. The van der Waals surface area contributed by atoms with Crippen LogP contribution in [0.25, 0.3) is 0 Å². The van der Waals surface area contributed by atoms with Crippen molar-refractivity contribution in [3.05, 3.63) is 24.3 Å². The van der Waals surface area contributed by atoms with Gasteiger partial charge in [-0.25, -0.2) is 19.2 Å². The van der Waals surface area contributed by atoms with Gasteiger partial charge in [0.1, 0.15) is 26.4 Å². The van der Waals surface area contributed by atoms with Gasteiger partial charge in [-0.2, -0.15) is 0 Å². The summed E-state index contributed by atoms with van der Waals surface area (Å²) in [6, 6.07) is 0. The minimum absolute atomic E-state index is 0.0375. The van der Waals surface area contributed by atoms with Crippen LogP contribution in [0.2, 0.25) is 0 Å². The summed E-state index contributed by atoms with van der Waals surface area (Å²) in [5, 5.41) is 0. The Hall–Kier alpha value is -3.04. The average molecular weight is 539 g/mol. The van der Waals surface area contributed by atoms with E-state index < -0.39 is 35.2 Å². The second kappa shape index (κ2) is 14.2. The first-order chi connectivity index (χ1) is 17.5. The second-order valence-electron chi connectivity index (χ2n) is 11.0. The van der Waals surface area contributed by atoms with E-state index in [1.165, 1.54) is 0 Å². The quantitative estimate of drug-likeness (QED) is 0.152. The summed E-state index contributed by atoms with van der Waals surface area (Å²) in [6.45, 7) is 18.0. The van der Waals surface area contributed by atoms with Crippen LogP contribution in [0.1, 0.15) is 67.2 Å². The minimum atomic E-state index is -0.523. The number of nitrogens with zero attached hydrogens (tertiary/aromatic N) is 2. The normalized spacial score (nSPS) is 17.6. The molecule has 0 aromatic carbocycles. The van der Waals surface area contributed by atoms with Crippen LogP contribution in [0.5, 0.6) is 0 Å². The van der Waals surface area contributed by atoms with Crippen molar-refractivity contribution in [3.8, 4) is 0 Å². The molecule has 0 saturated heterocycles. The van der Waals surface area contributed by atoms with Crippen molar-refractivity contribution in [3.63, 3.8) is 0 Å². The first-order valence-corrected chi connectivity index (χ1v) is 13.0. The van der Waals surface area contributed by atoms with Gasteiger partial charge in [-0.1, -0.05) is 19.6 Å². The standard InChI is InChI=1S/C28H46N2O8/c1-19(2)23(31)35-14-16-37-25(33)29(9)27(5,6)21-12-11-13-22(18-21)28(7,8)30(10)26(34)38-17-15-36-24(32)20(3)4/h21-22H,1,3,11-18H2,2,4-10H3. The van der Waals surface area contributed by atoms with Crippen LogP contribution in [0.4, 0.5) is 9.59 Å². The Morgan fingerprint density at radius 2 is 1.00 bits per heavy atom. The summed E-state index contributed by atoms with van der Waals surface area (Å²) in [4.78, 5) is 51.6. The molecule has 0 aliphatic heterocycles. The zero-order valence-corrected chi connectivity index (χ0v) is 24.4. The summed E-state index contributed by atoms with van der Waals surface area (Å²) in [5.41, 5.74) is -0.446. The van der Waals surface area contributed by atoms with Crippen molar-refractivity contribution in [2.75, 3.05) is 40.5 Å². The molecule has 216 valence electrons. The lowest BCUT2D eigenvalue weighted by molar-refractivity contribution is -0.140. The van der Waals surface area contributed by atoms with E-state index in [1.54, 1.807) is 37.7 Å². The van der Waals surface area contributed by atoms with Crippen molar-refractivity contribution < 1.29 is 38.1 Å². The van der Waals surface area contributed by atoms with E-state index in [4.69, 9.17) is 18.9 Å². The number of carbonyl (C=O) groups excluding carboxylic acids is 4. The lowest BCUT2D eigenvalue weighted by atomic mass is 9.66. The molecular formula is C28H46N2O8. The first kappa shape index (κ1) is 33.0. The smallest absolute Gasteiger partial charge is 0.410 e. The first-order valence-electron chi connectivity index (χ1n) is 13.0. The molecule has 1 saturated carbocycles. The molecule has 0 N–H and O–H groups in total. The molecule has 0 aromatic heterocycles. The highest BCUT2D eigenvalue weighted by Gasteiger charge is 2.45. The van der Waals surface area contributed by atoms with Gasteiger partial charge in [0.15, 0.2) is 0 Å². The predicted octanol–water partition coefficient (Wildman–Crippen LogP) is 4.73. The summed E-state index contributed by atoms with van der Waals surface area (Å²) < 4.78 is 20.6. The Morgan fingerprint density at radius 3 is 1.32 bits per heavy atom. The highest BCUT2D eigenvalue weighted by molar-refractivity contribution is 5.87. The number of hydrogen-bond acceptors (Lipinski definition) is 8. The number of esters is 2. The van der Waals surface area contributed by atoms with Crippen LogP contribution in [-0.2, 0) is 28.5 Å². The van der Waals surface area contributed by atoms with Gasteiger partial charge in [0.2, 0.25) is 0 Å². The molecule has 38 heavy (non-hydrogen) atoms. The fourth-order valence-corrected chi connectivity index (χ4v) is 4.46. The average Bonchev–Trinajstić information content (AvgIpc) is 2.87. The van der Waals surface area contributed by atoms with Gasteiger partial charge < -0.3 is 28.7 Å². The highest BCUT2D eigenvalue weighted by atomic mass is 16.6. The molecule has 1 aliphatic rings. The lowest BCUT2D eigenvalue weighted by Gasteiger charge is -2.49. The van der Waals surface area contributed by atoms with Gasteiger partial charge >= 0.3 is 24.1 Å².